The monoisotopic (exact) mass is 416 g/mol. The molecule has 0 N–H and O–H groups in total. The zero-order chi connectivity index (χ0) is 21.3. The number of alkyl halides is 3. The molecule has 29 heavy (non-hydrogen) atoms. The molecule has 11 heteroatoms. The number of halogens is 4. The van der Waals surface area contributed by atoms with E-state index in [9.17, 15) is 22.4 Å². The maximum absolute atomic E-state index is 14.8. The number of fused-ring (bicyclic) bond motifs is 1. The number of rotatable bonds is 4. The van der Waals surface area contributed by atoms with Gasteiger partial charge in [-0.15, -0.1) is 0 Å². The Hall–Kier alpha value is -2.69. The number of aromatic nitrogens is 2. The van der Waals surface area contributed by atoms with Crippen molar-refractivity contribution in [2.45, 2.75) is 32.1 Å². The lowest BCUT2D eigenvalue weighted by Crippen LogP contribution is -2.40. The van der Waals surface area contributed by atoms with Crippen LogP contribution in [-0.4, -0.2) is 59.1 Å². The number of hydrogen-bond acceptors (Lipinski definition) is 6. The summed E-state index contributed by atoms with van der Waals surface area (Å²) in [5, 5.41) is 3.27. The standard InChI is InChI=1S/C18H20F4N4O3/c1-10-9-28-14-7-11(16-23-17(29-24-16)18(20,21)22)6-13(19)12(14)8-26(10)15(27)4-5-25(2)3/h6-7,10H,4-5,8-9H2,1-3H3/t10-/m0/s1. The van der Waals surface area contributed by atoms with Crippen molar-refractivity contribution in [2.24, 2.45) is 0 Å². The fourth-order valence-corrected chi connectivity index (χ4v) is 2.90. The molecule has 1 atom stereocenters. The van der Waals surface area contributed by atoms with Gasteiger partial charge in [-0.25, -0.2) is 4.39 Å². The van der Waals surface area contributed by atoms with E-state index >= 15 is 0 Å². The molecule has 0 aliphatic carbocycles. The van der Waals surface area contributed by atoms with Crippen molar-refractivity contribution < 1.29 is 31.6 Å². The van der Waals surface area contributed by atoms with Gasteiger partial charge < -0.3 is 19.1 Å². The summed E-state index contributed by atoms with van der Waals surface area (Å²) in [6, 6.07) is 2.05. The molecule has 2 aromatic rings. The molecule has 1 amide bonds. The van der Waals surface area contributed by atoms with Gasteiger partial charge in [-0.3, -0.25) is 4.79 Å². The van der Waals surface area contributed by atoms with Crippen LogP contribution in [0.3, 0.4) is 0 Å². The Labute approximate surface area is 164 Å². The third-order valence-corrected chi connectivity index (χ3v) is 4.52. The fraction of sp³-hybridized carbons (Fsp3) is 0.500. The first kappa shape index (κ1) is 21.0. The number of benzene rings is 1. The highest BCUT2D eigenvalue weighted by atomic mass is 19.4. The van der Waals surface area contributed by atoms with Gasteiger partial charge >= 0.3 is 12.1 Å². The van der Waals surface area contributed by atoms with E-state index < -0.39 is 23.7 Å². The molecule has 1 aromatic heterocycles. The van der Waals surface area contributed by atoms with Gasteiger partial charge in [0.05, 0.1) is 12.6 Å². The lowest BCUT2D eigenvalue weighted by molar-refractivity contribution is -0.159. The van der Waals surface area contributed by atoms with Crippen LogP contribution in [-0.2, 0) is 17.5 Å². The second kappa shape index (κ2) is 7.97. The van der Waals surface area contributed by atoms with Crippen LogP contribution in [0.15, 0.2) is 16.7 Å². The molecule has 0 spiro atoms. The second-order valence-electron chi connectivity index (χ2n) is 7.09. The maximum Gasteiger partial charge on any atom is 0.471 e. The van der Waals surface area contributed by atoms with Crippen molar-refractivity contribution in [2.75, 3.05) is 27.2 Å². The summed E-state index contributed by atoms with van der Waals surface area (Å²) in [5.41, 5.74) is 0.136. The minimum absolute atomic E-state index is 0.00504. The molecule has 0 saturated carbocycles. The van der Waals surface area contributed by atoms with Crippen molar-refractivity contribution in [3.8, 4) is 17.1 Å². The highest BCUT2D eigenvalue weighted by molar-refractivity contribution is 5.77. The van der Waals surface area contributed by atoms with Gasteiger partial charge in [-0.1, -0.05) is 5.16 Å². The Bertz CT molecular complexity index is 898. The summed E-state index contributed by atoms with van der Waals surface area (Å²) in [6.45, 7) is 2.45. The maximum atomic E-state index is 14.8. The molecule has 0 bridgehead atoms. The minimum atomic E-state index is -4.80. The molecule has 3 rings (SSSR count). The van der Waals surface area contributed by atoms with Crippen LogP contribution < -0.4 is 4.74 Å². The Morgan fingerprint density at radius 1 is 1.34 bits per heavy atom. The van der Waals surface area contributed by atoms with Gasteiger partial charge in [-0.05, 0) is 33.2 Å². The highest BCUT2D eigenvalue weighted by Gasteiger charge is 2.38. The molecular formula is C18H20F4N4O3. The van der Waals surface area contributed by atoms with E-state index in [2.05, 4.69) is 14.7 Å². The number of amides is 1. The first-order chi connectivity index (χ1) is 13.6. The van der Waals surface area contributed by atoms with E-state index in [0.29, 0.717) is 6.54 Å². The Morgan fingerprint density at radius 3 is 2.69 bits per heavy atom. The molecule has 0 saturated heterocycles. The third kappa shape index (κ3) is 4.66. The topological polar surface area (TPSA) is 71.7 Å². The average Bonchev–Trinajstić information content (AvgIpc) is 3.07. The van der Waals surface area contributed by atoms with Crippen molar-refractivity contribution in [1.29, 1.82) is 0 Å². The number of hydrogen-bond donors (Lipinski definition) is 0. The smallest absolute Gasteiger partial charge is 0.471 e. The minimum Gasteiger partial charge on any atom is -0.491 e. The lowest BCUT2D eigenvalue weighted by Gasteiger charge is -2.27. The van der Waals surface area contributed by atoms with Gasteiger partial charge in [0.15, 0.2) is 0 Å². The molecule has 1 aromatic carbocycles. The zero-order valence-electron chi connectivity index (χ0n) is 16.1. The van der Waals surface area contributed by atoms with Crippen molar-refractivity contribution >= 4 is 5.91 Å². The van der Waals surface area contributed by atoms with Crippen LogP contribution in [0.5, 0.6) is 5.75 Å². The largest absolute Gasteiger partial charge is 0.491 e. The fourth-order valence-electron chi connectivity index (χ4n) is 2.90. The molecule has 1 aliphatic rings. The van der Waals surface area contributed by atoms with Crippen LogP contribution in [0, 0.1) is 5.82 Å². The first-order valence-electron chi connectivity index (χ1n) is 8.87. The van der Waals surface area contributed by atoms with Crippen LogP contribution in [0.25, 0.3) is 11.4 Å². The van der Waals surface area contributed by atoms with Crippen molar-refractivity contribution in [1.82, 2.24) is 19.9 Å². The molecule has 7 nitrogen and oxygen atoms in total. The number of carbonyl (C=O) groups excluding carboxylic acids is 1. The van der Waals surface area contributed by atoms with Gasteiger partial charge in [0, 0.05) is 24.1 Å². The summed E-state index contributed by atoms with van der Waals surface area (Å²) in [4.78, 5) is 19.2. The van der Waals surface area contributed by atoms with E-state index in [0.717, 1.165) is 6.07 Å². The van der Waals surface area contributed by atoms with Crippen LogP contribution in [0.4, 0.5) is 17.6 Å². The Balaban J connectivity index is 1.88. The molecule has 2 heterocycles. The normalized spacial score (nSPS) is 17.1. The van der Waals surface area contributed by atoms with E-state index in [1.54, 1.807) is 6.92 Å². The van der Waals surface area contributed by atoms with Gasteiger partial charge in [0.2, 0.25) is 11.7 Å². The quantitative estimate of drug-likeness (QED) is 0.714. The van der Waals surface area contributed by atoms with Gasteiger partial charge in [0.25, 0.3) is 0 Å². The third-order valence-electron chi connectivity index (χ3n) is 4.52. The van der Waals surface area contributed by atoms with Crippen molar-refractivity contribution in [3.05, 3.63) is 29.4 Å². The summed E-state index contributed by atoms with van der Waals surface area (Å²) in [7, 11) is 3.70. The summed E-state index contributed by atoms with van der Waals surface area (Å²) >= 11 is 0. The molecular weight excluding hydrogens is 396 g/mol. The SMILES string of the molecule is C[C@H]1COc2cc(-c3noc(C(F)(F)F)n3)cc(F)c2CN1C(=O)CCN(C)C. The Kier molecular flexibility index (Phi) is 5.78. The molecule has 158 valence electrons. The van der Waals surface area contributed by atoms with E-state index in [1.165, 1.54) is 11.0 Å². The summed E-state index contributed by atoms with van der Waals surface area (Å²) < 4.78 is 62.6. The zero-order valence-corrected chi connectivity index (χ0v) is 16.1. The van der Waals surface area contributed by atoms with E-state index in [4.69, 9.17) is 4.74 Å². The van der Waals surface area contributed by atoms with Crippen LogP contribution in [0.2, 0.25) is 0 Å². The number of carbonyl (C=O) groups is 1. The molecule has 1 aliphatic heterocycles. The Morgan fingerprint density at radius 2 is 2.07 bits per heavy atom. The lowest BCUT2D eigenvalue weighted by atomic mass is 10.1. The second-order valence-corrected chi connectivity index (χ2v) is 7.09. The summed E-state index contributed by atoms with van der Waals surface area (Å²) in [6.07, 6.45) is -4.52. The first-order valence-corrected chi connectivity index (χ1v) is 8.87. The van der Waals surface area contributed by atoms with Gasteiger partial charge in [-0.2, -0.15) is 18.2 Å². The van der Waals surface area contributed by atoms with Crippen LogP contribution in [0.1, 0.15) is 24.8 Å². The molecule has 0 radical (unpaired) electrons. The molecule has 0 unspecified atom stereocenters. The van der Waals surface area contributed by atoms with Crippen molar-refractivity contribution in [3.63, 3.8) is 0 Å². The average molecular weight is 416 g/mol. The van der Waals surface area contributed by atoms with E-state index in [-0.39, 0.29) is 48.4 Å². The number of nitrogens with zero attached hydrogens (tertiary/aromatic N) is 4. The number of ether oxygens (including phenoxy) is 1. The summed E-state index contributed by atoms with van der Waals surface area (Å²) in [5.74, 6) is -2.66. The molecule has 0 fully saturated rings. The predicted octanol–water partition coefficient (Wildman–Crippen LogP) is 2.96. The highest BCUT2D eigenvalue weighted by Crippen LogP contribution is 2.34. The van der Waals surface area contributed by atoms with E-state index in [1.807, 2.05) is 19.0 Å². The predicted molar refractivity (Wildman–Crippen MR) is 93.4 cm³/mol. The van der Waals surface area contributed by atoms with Gasteiger partial charge in [0.1, 0.15) is 18.2 Å². The van der Waals surface area contributed by atoms with Crippen LogP contribution >= 0.6 is 0 Å².